The van der Waals surface area contributed by atoms with Gasteiger partial charge in [0.1, 0.15) is 6.10 Å². The molecular formula is C7H17NO3. The highest BCUT2D eigenvalue weighted by Gasteiger charge is 2.15. The summed E-state index contributed by atoms with van der Waals surface area (Å²) in [5.41, 5.74) is 0. The van der Waals surface area contributed by atoms with E-state index in [-0.39, 0.29) is 6.61 Å². The molecule has 0 aliphatic heterocycles. The highest BCUT2D eigenvalue weighted by atomic mass is 16.5. The fraction of sp³-hybridized carbons (Fsp3) is 1.00. The number of aliphatic hydroxyl groups excluding tert-OH is 2. The number of methoxy groups -OCH3 is 1. The van der Waals surface area contributed by atoms with Crippen molar-refractivity contribution in [1.29, 1.82) is 0 Å². The van der Waals surface area contributed by atoms with Gasteiger partial charge in [-0.3, -0.25) is 0 Å². The lowest BCUT2D eigenvalue weighted by molar-refractivity contribution is -0.0344. The van der Waals surface area contributed by atoms with Crippen LogP contribution in [-0.4, -0.2) is 61.7 Å². The van der Waals surface area contributed by atoms with Crippen molar-refractivity contribution in [1.82, 2.24) is 4.90 Å². The van der Waals surface area contributed by atoms with Gasteiger partial charge in [0, 0.05) is 13.7 Å². The Morgan fingerprint density at radius 3 is 2.18 bits per heavy atom. The lowest BCUT2D eigenvalue weighted by Gasteiger charge is -2.20. The maximum atomic E-state index is 9.25. The van der Waals surface area contributed by atoms with E-state index in [4.69, 9.17) is 5.11 Å². The zero-order valence-corrected chi connectivity index (χ0v) is 7.32. The lowest BCUT2D eigenvalue weighted by Crippen LogP contribution is -2.38. The molecule has 4 nitrogen and oxygen atoms in total. The fourth-order valence-corrected chi connectivity index (χ4v) is 0.778. The summed E-state index contributed by atoms with van der Waals surface area (Å²) in [6, 6.07) is 0. The van der Waals surface area contributed by atoms with Crippen LogP contribution in [0.4, 0.5) is 0 Å². The van der Waals surface area contributed by atoms with E-state index in [2.05, 4.69) is 4.74 Å². The lowest BCUT2D eigenvalue weighted by atomic mass is 10.2. The Labute approximate surface area is 67.4 Å². The molecule has 0 saturated carbocycles. The number of ether oxygens (including phenoxy) is 1. The quantitative estimate of drug-likeness (QED) is 0.541. The van der Waals surface area contributed by atoms with Gasteiger partial charge >= 0.3 is 0 Å². The van der Waals surface area contributed by atoms with Crippen molar-refractivity contribution in [2.75, 3.05) is 34.4 Å². The average molecular weight is 163 g/mol. The first-order chi connectivity index (χ1) is 5.07. The predicted molar refractivity (Wildman–Crippen MR) is 42.4 cm³/mol. The van der Waals surface area contributed by atoms with Gasteiger partial charge in [0.05, 0.1) is 12.7 Å². The summed E-state index contributed by atoms with van der Waals surface area (Å²) in [6.45, 7) is 0.625. The van der Waals surface area contributed by atoms with Gasteiger partial charge in [0.25, 0.3) is 0 Å². The zero-order valence-electron chi connectivity index (χ0n) is 7.32. The molecule has 0 aromatic heterocycles. The van der Waals surface area contributed by atoms with Gasteiger partial charge in [0.15, 0.2) is 0 Å². The standard InChI is InChI=1S/C7H17NO3/c1-8(2)4-6(9)7(10)5-11-3/h6-7,9-10H,4-5H2,1-3H3. The van der Waals surface area contributed by atoms with Crippen LogP contribution in [0.5, 0.6) is 0 Å². The van der Waals surface area contributed by atoms with Crippen molar-refractivity contribution < 1.29 is 14.9 Å². The fourth-order valence-electron chi connectivity index (χ4n) is 0.778. The second-order valence-corrected chi connectivity index (χ2v) is 2.85. The Bertz CT molecular complexity index is 97.7. The molecule has 0 radical (unpaired) electrons. The van der Waals surface area contributed by atoms with E-state index < -0.39 is 12.2 Å². The number of hydrogen-bond donors (Lipinski definition) is 2. The summed E-state index contributed by atoms with van der Waals surface area (Å²) in [7, 11) is 5.16. The molecule has 0 rings (SSSR count). The van der Waals surface area contributed by atoms with Crippen LogP contribution >= 0.6 is 0 Å². The molecule has 0 spiro atoms. The van der Waals surface area contributed by atoms with Gasteiger partial charge < -0.3 is 19.8 Å². The van der Waals surface area contributed by atoms with Crippen LogP contribution in [0, 0.1) is 0 Å². The van der Waals surface area contributed by atoms with Gasteiger partial charge in [-0.1, -0.05) is 0 Å². The van der Waals surface area contributed by atoms with Crippen molar-refractivity contribution in [2.24, 2.45) is 0 Å². The average Bonchev–Trinajstić information content (AvgIpc) is 1.86. The minimum absolute atomic E-state index is 0.176. The molecular weight excluding hydrogens is 146 g/mol. The summed E-state index contributed by atoms with van der Waals surface area (Å²) >= 11 is 0. The molecule has 0 aromatic carbocycles. The van der Waals surface area contributed by atoms with Gasteiger partial charge in [-0.2, -0.15) is 0 Å². The Morgan fingerprint density at radius 1 is 1.27 bits per heavy atom. The maximum absolute atomic E-state index is 9.25. The van der Waals surface area contributed by atoms with Crippen LogP contribution in [0.1, 0.15) is 0 Å². The molecule has 2 atom stereocenters. The zero-order chi connectivity index (χ0) is 8.85. The SMILES string of the molecule is COCC(O)C(O)CN(C)C. The van der Waals surface area contributed by atoms with E-state index >= 15 is 0 Å². The van der Waals surface area contributed by atoms with Crippen LogP contribution in [0.2, 0.25) is 0 Å². The third kappa shape index (κ3) is 5.15. The molecule has 4 heteroatoms. The smallest absolute Gasteiger partial charge is 0.104 e. The molecule has 11 heavy (non-hydrogen) atoms. The van der Waals surface area contributed by atoms with Crippen LogP contribution in [0.15, 0.2) is 0 Å². The molecule has 0 bridgehead atoms. The first-order valence-corrected chi connectivity index (χ1v) is 3.57. The van der Waals surface area contributed by atoms with E-state index in [1.807, 2.05) is 19.0 Å². The van der Waals surface area contributed by atoms with E-state index in [9.17, 15) is 5.11 Å². The molecule has 0 heterocycles. The van der Waals surface area contributed by atoms with E-state index in [1.165, 1.54) is 7.11 Å². The topological polar surface area (TPSA) is 52.9 Å². The van der Waals surface area contributed by atoms with Crippen LogP contribution in [0.25, 0.3) is 0 Å². The van der Waals surface area contributed by atoms with Crippen LogP contribution < -0.4 is 0 Å². The summed E-state index contributed by atoms with van der Waals surface area (Å²) in [4.78, 5) is 1.81. The monoisotopic (exact) mass is 163 g/mol. The second-order valence-electron chi connectivity index (χ2n) is 2.85. The maximum Gasteiger partial charge on any atom is 0.104 e. The normalized spacial score (nSPS) is 16.9. The first-order valence-electron chi connectivity index (χ1n) is 3.57. The second kappa shape index (κ2) is 5.49. The van der Waals surface area contributed by atoms with Gasteiger partial charge in [-0.05, 0) is 14.1 Å². The van der Waals surface area contributed by atoms with E-state index in [0.717, 1.165) is 0 Å². The molecule has 2 N–H and O–H groups in total. The molecule has 0 aliphatic carbocycles. The summed E-state index contributed by atoms with van der Waals surface area (Å²) < 4.78 is 4.68. The predicted octanol–water partition coefficient (Wildman–Crippen LogP) is -1.08. The number of rotatable bonds is 5. The van der Waals surface area contributed by atoms with Crippen molar-refractivity contribution in [3.05, 3.63) is 0 Å². The van der Waals surface area contributed by atoms with Crippen molar-refractivity contribution >= 4 is 0 Å². The van der Waals surface area contributed by atoms with Crippen molar-refractivity contribution in [3.8, 4) is 0 Å². The summed E-state index contributed by atoms with van der Waals surface area (Å²) in [5.74, 6) is 0. The number of likely N-dealkylation sites (N-methyl/N-ethyl adjacent to an activating group) is 1. The van der Waals surface area contributed by atoms with Crippen LogP contribution in [0.3, 0.4) is 0 Å². The van der Waals surface area contributed by atoms with Gasteiger partial charge in [-0.25, -0.2) is 0 Å². The number of aliphatic hydroxyl groups is 2. The molecule has 0 fully saturated rings. The number of hydrogen-bond acceptors (Lipinski definition) is 4. The molecule has 0 saturated heterocycles. The van der Waals surface area contributed by atoms with Crippen molar-refractivity contribution in [2.45, 2.75) is 12.2 Å². The van der Waals surface area contributed by atoms with Crippen molar-refractivity contribution in [3.63, 3.8) is 0 Å². The van der Waals surface area contributed by atoms with E-state index in [0.29, 0.717) is 6.54 Å². The Hall–Kier alpha value is -0.160. The molecule has 0 amide bonds. The number of nitrogens with zero attached hydrogens (tertiary/aromatic N) is 1. The highest BCUT2D eigenvalue weighted by molar-refractivity contribution is 4.68. The van der Waals surface area contributed by atoms with E-state index in [1.54, 1.807) is 0 Å². The third-order valence-corrected chi connectivity index (χ3v) is 1.33. The van der Waals surface area contributed by atoms with Crippen LogP contribution in [-0.2, 0) is 4.74 Å². The minimum Gasteiger partial charge on any atom is -0.389 e. The third-order valence-electron chi connectivity index (χ3n) is 1.33. The molecule has 0 aliphatic rings. The van der Waals surface area contributed by atoms with Gasteiger partial charge in [0.2, 0.25) is 0 Å². The minimum atomic E-state index is -0.789. The molecule has 2 unspecified atom stereocenters. The highest BCUT2D eigenvalue weighted by Crippen LogP contribution is 1.94. The molecule has 0 aromatic rings. The largest absolute Gasteiger partial charge is 0.389 e. The Morgan fingerprint density at radius 2 is 1.82 bits per heavy atom. The Balaban J connectivity index is 3.54. The van der Waals surface area contributed by atoms with Gasteiger partial charge in [-0.15, -0.1) is 0 Å². The molecule has 68 valence electrons. The first kappa shape index (κ1) is 10.8. The summed E-state index contributed by atoms with van der Waals surface area (Å²) in [6.07, 6.45) is -1.52. The Kier molecular flexibility index (Phi) is 5.41. The summed E-state index contributed by atoms with van der Waals surface area (Å²) in [5, 5.41) is 18.4.